The molecule has 3 aromatic heterocycles. The van der Waals surface area contributed by atoms with Gasteiger partial charge in [0.15, 0.2) is 5.82 Å². The molecule has 0 saturated heterocycles. The molecule has 18 rings (SSSR count). The lowest BCUT2D eigenvalue weighted by Crippen LogP contribution is -2.59. The van der Waals surface area contributed by atoms with E-state index in [1.165, 1.54) is 105 Å². The van der Waals surface area contributed by atoms with E-state index in [1.807, 2.05) is 0 Å². The molecule has 2 aliphatic rings. The predicted molar refractivity (Wildman–Crippen MR) is 356 cm³/mol. The van der Waals surface area contributed by atoms with Crippen LogP contribution in [0.4, 0.5) is 0 Å². The summed E-state index contributed by atoms with van der Waals surface area (Å²) in [6.07, 6.45) is 0. The van der Waals surface area contributed by atoms with Crippen LogP contribution in [0.1, 0.15) is 0 Å². The van der Waals surface area contributed by atoms with Crippen molar-refractivity contribution in [1.29, 1.82) is 0 Å². The monoisotopic (exact) mass is 1080 g/mol. The molecule has 13 aromatic carbocycles. The van der Waals surface area contributed by atoms with Gasteiger partial charge in [0.05, 0.1) is 22.2 Å². The maximum Gasteiger partial charge on any atom is 0.252 e. The lowest BCUT2D eigenvalue weighted by molar-refractivity contribution is 1.14. The number of para-hydroxylation sites is 1. The van der Waals surface area contributed by atoms with Crippen LogP contribution in [0.15, 0.2) is 297 Å². The number of nitrogens with zero attached hydrogens (tertiary/aromatic N) is 4. The molecule has 0 saturated carbocycles. The van der Waals surface area contributed by atoms with Crippen molar-refractivity contribution in [3.63, 3.8) is 0 Å². The molecule has 0 unspecified atom stereocenters. The number of rotatable bonds is 8. The third kappa shape index (κ3) is 7.30. The van der Waals surface area contributed by atoms with Gasteiger partial charge >= 0.3 is 0 Å². The molecule has 5 heterocycles. The van der Waals surface area contributed by atoms with Crippen LogP contribution in [0, 0.1) is 0 Å². The lowest BCUT2D eigenvalue weighted by Gasteiger charge is -2.35. The molecule has 0 aliphatic carbocycles. The first-order chi connectivity index (χ1) is 42.2. The third-order valence-corrected chi connectivity index (χ3v) is 18.0. The standard InChI is InChI=1S/C80H49BN4/c1-8-24-50(25-9-1)57-42-65-74-63(54-32-16-5-17-33-54)40-59(52-28-12-3-13-29-52)46-70(74)84-72-48-61(77-62-38-22-23-39-69(62)82-80(83-77)56-36-20-7-21-37-56)49-73-76(72)81(67(44-57)78(65)84)68-45-58(51-26-10-2-11-27-51)43-66-75-64(55-34-18-6-19-35-55)41-60(53-30-14-4-15-31-53)47-71(75)85(73)79(66)68/h1-49H. The van der Waals surface area contributed by atoms with Gasteiger partial charge in [0, 0.05) is 60.5 Å². The molecule has 0 fully saturated rings. The van der Waals surface area contributed by atoms with Crippen molar-refractivity contribution in [2.24, 2.45) is 0 Å². The zero-order valence-corrected chi connectivity index (χ0v) is 46.2. The van der Waals surface area contributed by atoms with Crippen LogP contribution in [0.5, 0.6) is 0 Å². The predicted octanol–water partition coefficient (Wildman–Crippen LogP) is 18.3. The molecule has 0 amide bonds. The van der Waals surface area contributed by atoms with Crippen molar-refractivity contribution in [2.75, 3.05) is 0 Å². The second-order valence-corrected chi connectivity index (χ2v) is 22.8. The van der Waals surface area contributed by atoms with Crippen LogP contribution in [0.2, 0.25) is 0 Å². The highest BCUT2D eigenvalue weighted by atomic mass is 15.0. The first-order valence-corrected chi connectivity index (χ1v) is 29.3. The number of benzene rings is 13. The van der Waals surface area contributed by atoms with Gasteiger partial charge in [0.25, 0.3) is 6.71 Å². The molecular weight excluding hydrogens is 1030 g/mol. The van der Waals surface area contributed by atoms with Crippen LogP contribution in [0.25, 0.3) is 155 Å². The minimum Gasteiger partial charge on any atom is -0.310 e. The van der Waals surface area contributed by atoms with Gasteiger partial charge in [-0.3, -0.25) is 0 Å². The Balaban J connectivity index is 1.08. The van der Waals surface area contributed by atoms with E-state index in [-0.39, 0.29) is 6.71 Å². The normalized spacial score (nSPS) is 12.2. The van der Waals surface area contributed by atoms with Crippen molar-refractivity contribution in [3.05, 3.63) is 297 Å². The Labute approximate surface area is 491 Å². The fourth-order valence-electron chi connectivity index (χ4n) is 14.3. The maximum atomic E-state index is 5.67. The fourth-order valence-corrected chi connectivity index (χ4v) is 14.3. The van der Waals surface area contributed by atoms with Gasteiger partial charge in [-0.1, -0.05) is 243 Å². The quantitative estimate of drug-likeness (QED) is 0.142. The van der Waals surface area contributed by atoms with E-state index in [2.05, 4.69) is 306 Å². The average molecular weight is 1080 g/mol. The van der Waals surface area contributed by atoms with Crippen LogP contribution in [0.3, 0.4) is 0 Å². The Morgan fingerprint density at radius 2 is 0.635 bits per heavy atom. The molecule has 16 aromatic rings. The van der Waals surface area contributed by atoms with Gasteiger partial charge in [-0.15, -0.1) is 0 Å². The average Bonchev–Trinajstić information content (AvgIpc) is 1.63. The summed E-state index contributed by atoms with van der Waals surface area (Å²) in [5.41, 5.74) is 28.8. The highest BCUT2D eigenvalue weighted by Crippen LogP contribution is 2.48. The molecule has 85 heavy (non-hydrogen) atoms. The van der Waals surface area contributed by atoms with Crippen molar-refractivity contribution < 1.29 is 0 Å². The molecule has 0 bridgehead atoms. The summed E-state index contributed by atoms with van der Waals surface area (Å²) in [5, 5.41) is 5.90. The Bertz CT molecular complexity index is 5100. The summed E-state index contributed by atoms with van der Waals surface area (Å²) in [6, 6.07) is 110. The van der Waals surface area contributed by atoms with Crippen LogP contribution >= 0.6 is 0 Å². The largest absolute Gasteiger partial charge is 0.310 e. The van der Waals surface area contributed by atoms with Crippen molar-refractivity contribution in [3.8, 4) is 101 Å². The fraction of sp³-hybridized carbons (Fsp3) is 0. The van der Waals surface area contributed by atoms with Crippen molar-refractivity contribution >= 4 is 77.6 Å². The smallest absolute Gasteiger partial charge is 0.252 e. The Kier molecular flexibility index (Phi) is 10.4. The molecule has 0 spiro atoms. The van der Waals surface area contributed by atoms with Crippen LogP contribution in [-0.2, 0) is 0 Å². The highest BCUT2D eigenvalue weighted by molar-refractivity contribution is 7.00. The first kappa shape index (κ1) is 47.5. The van der Waals surface area contributed by atoms with Gasteiger partial charge in [0.2, 0.25) is 0 Å². The van der Waals surface area contributed by atoms with E-state index >= 15 is 0 Å². The van der Waals surface area contributed by atoms with E-state index in [1.54, 1.807) is 0 Å². The third-order valence-electron chi connectivity index (χ3n) is 18.0. The molecule has 5 heteroatoms. The topological polar surface area (TPSA) is 35.6 Å². The summed E-state index contributed by atoms with van der Waals surface area (Å²) in [6.45, 7) is -0.186. The van der Waals surface area contributed by atoms with E-state index in [0.717, 1.165) is 61.3 Å². The number of hydrogen-bond donors (Lipinski definition) is 0. The molecule has 2 aliphatic heterocycles. The Hall–Kier alpha value is -11.1. The van der Waals surface area contributed by atoms with E-state index in [0.29, 0.717) is 5.82 Å². The second-order valence-electron chi connectivity index (χ2n) is 22.8. The maximum absolute atomic E-state index is 5.67. The summed E-state index contributed by atoms with van der Waals surface area (Å²) < 4.78 is 5.29. The van der Waals surface area contributed by atoms with Crippen LogP contribution in [-0.4, -0.2) is 25.8 Å². The zero-order valence-electron chi connectivity index (χ0n) is 46.2. The Morgan fingerprint density at radius 3 is 1.06 bits per heavy atom. The molecule has 4 nitrogen and oxygen atoms in total. The highest BCUT2D eigenvalue weighted by Gasteiger charge is 2.43. The molecular formula is C80H49BN4. The van der Waals surface area contributed by atoms with Gasteiger partial charge in [-0.05, 0) is 138 Å². The van der Waals surface area contributed by atoms with Crippen molar-refractivity contribution in [1.82, 2.24) is 19.1 Å². The van der Waals surface area contributed by atoms with Gasteiger partial charge in [-0.2, -0.15) is 0 Å². The summed E-state index contributed by atoms with van der Waals surface area (Å²) in [5.74, 6) is 0.693. The van der Waals surface area contributed by atoms with Crippen molar-refractivity contribution in [2.45, 2.75) is 0 Å². The molecule has 0 N–H and O–H groups in total. The Morgan fingerprint density at radius 1 is 0.271 bits per heavy atom. The number of aromatic nitrogens is 4. The molecule has 0 atom stereocenters. The van der Waals surface area contributed by atoms with Gasteiger partial charge < -0.3 is 9.13 Å². The minimum atomic E-state index is -0.186. The summed E-state index contributed by atoms with van der Waals surface area (Å²) in [4.78, 5) is 10.9. The summed E-state index contributed by atoms with van der Waals surface area (Å²) in [7, 11) is 0. The minimum absolute atomic E-state index is 0.186. The van der Waals surface area contributed by atoms with Gasteiger partial charge in [-0.25, -0.2) is 9.97 Å². The SMILES string of the molecule is c1ccc(-c2cc3c4c(c2)c2c(-c5ccccc5)cc(-c5ccccc5)cc2n4-c2cc(-c4nc(-c5ccccc5)nc5ccccc45)cc4c2B3c2cc(-c3ccccc3)cc3c5c(-c6ccccc6)cc(-c6ccccc6)cc5n-4c23)cc1. The van der Waals surface area contributed by atoms with Gasteiger partial charge in [0.1, 0.15) is 0 Å². The zero-order chi connectivity index (χ0) is 55.7. The molecule has 392 valence electrons. The van der Waals surface area contributed by atoms with E-state index in [9.17, 15) is 0 Å². The first-order valence-electron chi connectivity index (χ1n) is 29.3. The van der Waals surface area contributed by atoms with E-state index < -0.39 is 0 Å². The number of fused-ring (bicyclic) bond motifs is 11. The number of hydrogen-bond acceptors (Lipinski definition) is 2. The van der Waals surface area contributed by atoms with E-state index in [4.69, 9.17) is 9.97 Å². The lowest BCUT2D eigenvalue weighted by atomic mass is 9.34. The molecule has 0 radical (unpaired) electrons. The van der Waals surface area contributed by atoms with Crippen LogP contribution < -0.4 is 16.4 Å². The summed E-state index contributed by atoms with van der Waals surface area (Å²) >= 11 is 0. The second kappa shape index (κ2) is 18.7.